The van der Waals surface area contributed by atoms with Crippen molar-refractivity contribution in [2.24, 2.45) is 0 Å². The van der Waals surface area contributed by atoms with Crippen molar-refractivity contribution in [1.82, 2.24) is 5.32 Å². The largest absolute Gasteiger partial charge is 0.491 e. The number of amides is 1. The van der Waals surface area contributed by atoms with Gasteiger partial charge in [0.25, 0.3) is 5.78 Å². The number of alkyl carbamates (subject to hydrolysis) is 1. The van der Waals surface area contributed by atoms with Crippen molar-refractivity contribution in [2.75, 3.05) is 20.3 Å². The topological polar surface area (TPSA) is 100 Å². The smallest absolute Gasteiger partial charge is 0.407 e. The van der Waals surface area contributed by atoms with E-state index in [2.05, 4.69) is 10.1 Å². The van der Waals surface area contributed by atoms with Crippen LogP contribution in [0.2, 0.25) is 0 Å². The second-order valence-electron chi connectivity index (χ2n) is 5.76. The van der Waals surface area contributed by atoms with Gasteiger partial charge in [-0.2, -0.15) is 0 Å². The second kappa shape index (κ2) is 10.7. The molecular weight excluding hydrogens is 404 g/mol. The number of carbonyl (C=O) groups is 3. The summed E-state index contributed by atoms with van der Waals surface area (Å²) >= 11 is 0. The normalized spacial score (nSPS) is 11.2. The number of methoxy groups -OCH3 is 1. The third-order valence-electron chi connectivity index (χ3n) is 3.58. The number of hydrogen-bond acceptors (Lipinski definition) is 7. The minimum atomic E-state index is -1.33. The van der Waals surface area contributed by atoms with Crippen LogP contribution < -0.4 is 14.8 Å². The summed E-state index contributed by atoms with van der Waals surface area (Å²) in [6.07, 6.45) is -0.894. The van der Waals surface area contributed by atoms with Crippen LogP contribution in [0.4, 0.5) is 13.6 Å². The second-order valence-corrected chi connectivity index (χ2v) is 5.76. The zero-order valence-corrected chi connectivity index (χ0v) is 16.1. The number of benzene rings is 2. The molecule has 0 bridgehead atoms. The number of ether oxygens (including phenoxy) is 4. The molecule has 1 amide bonds. The van der Waals surface area contributed by atoms with Crippen molar-refractivity contribution >= 4 is 17.8 Å². The van der Waals surface area contributed by atoms with Gasteiger partial charge in [-0.25, -0.2) is 18.4 Å². The summed E-state index contributed by atoms with van der Waals surface area (Å²) in [6, 6.07) is 7.31. The number of halogens is 2. The molecule has 2 aromatic carbocycles. The quantitative estimate of drug-likeness (QED) is 0.489. The van der Waals surface area contributed by atoms with Gasteiger partial charge in [0.1, 0.15) is 41.5 Å². The van der Waals surface area contributed by atoms with Crippen LogP contribution >= 0.6 is 0 Å². The van der Waals surface area contributed by atoms with Gasteiger partial charge in [-0.1, -0.05) is 0 Å². The van der Waals surface area contributed by atoms with Gasteiger partial charge < -0.3 is 24.3 Å². The molecule has 30 heavy (non-hydrogen) atoms. The van der Waals surface area contributed by atoms with Gasteiger partial charge in [0.15, 0.2) is 0 Å². The molecule has 0 heterocycles. The van der Waals surface area contributed by atoms with Gasteiger partial charge in [-0.3, -0.25) is 4.79 Å². The first-order chi connectivity index (χ1) is 14.3. The van der Waals surface area contributed by atoms with Gasteiger partial charge in [0.2, 0.25) is 0 Å². The summed E-state index contributed by atoms with van der Waals surface area (Å²) < 4.78 is 46.3. The molecule has 160 valence electrons. The Labute approximate surface area is 170 Å². The monoisotopic (exact) mass is 423 g/mol. The van der Waals surface area contributed by atoms with E-state index in [1.807, 2.05) is 0 Å². The molecule has 0 saturated heterocycles. The Morgan fingerprint density at radius 3 is 2.13 bits per heavy atom. The van der Waals surface area contributed by atoms with E-state index in [0.717, 1.165) is 25.3 Å². The molecule has 1 N–H and O–H groups in total. The highest BCUT2D eigenvalue weighted by Gasteiger charge is 2.29. The van der Waals surface area contributed by atoms with E-state index in [1.54, 1.807) is 6.92 Å². The van der Waals surface area contributed by atoms with E-state index < -0.39 is 35.5 Å². The lowest BCUT2D eigenvalue weighted by Crippen LogP contribution is -2.48. The van der Waals surface area contributed by atoms with Crippen LogP contribution in [-0.4, -0.2) is 44.2 Å². The summed E-state index contributed by atoms with van der Waals surface area (Å²) in [5.41, 5.74) is 0. The molecule has 8 nitrogen and oxygen atoms in total. The maximum atomic E-state index is 13.2. The van der Waals surface area contributed by atoms with Gasteiger partial charge >= 0.3 is 12.1 Å². The molecule has 2 aromatic rings. The first-order valence-corrected chi connectivity index (χ1v) is 8.74. The molecule has 0 spiro atoms. The van der Waals surface area contributed by atoms with Gasteiger partial charge in [0, 0.05) is 18.2 Å². The number of ketones is 1. The number of hydrogen-bond donors (Lipinski definition) is 1. The highest BCUT2D eigenvalue weighted by Crippen LogP contribution is 2.25. The SMILES string of the molecule is CCOC(=O)NC(COc1ccc(Oc2cc(F)cc(F)c2)cc1)C(=O)C(=O)OC. The zero-order valence-electron chi connectivity index (χ0n) is 16.1. The first kappa shape index (κ1) is 22.6. The van der Waals surface area contributed by atoms with Crippen LogP contribution in [0, 0.1) is 11.6 Å². The van der Waals surface area contributed by atoms with Crippen molar-refractivity contribution in [1.29, 1.82) is 0 Å². The van der Waals surface area contributed by atoms with Crippen LogP contribution in [0.1, 0.15) is 6.92 Å². The van der Waals surface area contributed by atoms with E-state index in [-0.39, 0.29) is 30.5 Å². The average Bonchev–Trinajstić information content (AvgIpc) is 2.70. The number of Topliss-reactive ketones (excluding diaryl/α,β-unsaturated/α-hetero) is 1. The Morgan fingerprint density at radius 1 is 0.967 bits per heavy atom. The molecule has 0 aromatic heterocycles. The third kappa shape index (κ3) is 6.73. The molecule has 0 aliphatic rings. The number of nitrogens with one attached hydrogen (secondary N) is 1. The van der Waals surface area contributed by atoms with Crippen LogP contribution in [0.25, 0.3) is 0 Å². The average molecular weight is 423 g/mol. The minimum Gasteiger partial charge on any atom is -0.491 e. The summed E-state index contributed by atoms with van der Waals surface area (Å²) in [5.74, 6) is -3.19. The number of esters is 1. The highest BCUT2D eigenvalue weighted by atomic mass is 19.1. The molecule has 0 saturated carbocycles. The van der Waals surface area contributed by atoms with Crippen LogP contribution in [0.3, 0.4) is 0 Å². The lowest BCUT2D eigenvalue weighted by Gasteiger charge is -2.17. The maximum Gasteiger partial charge on any atom is 0.407 e. The molecule has 0 aliphatic carbocycles. The van der Waals surface area contributed by atoms with E-state index >= 15 is 0 Å². The lowest BCUT2D eigenvalue weighted by atomic mass is 10.2. The van der Waals surface area contributed by atoms with Crippen LogP contribution in [0.5, 0.6) is 17.2 Å². The van der Waals surface area contributed by atoms with Gasteiger partial charge in [-0.15, -0.1) is 0 Å². The van der Waals surface area contributed by atoms with Crippen molar-refractivity contribution in [3.05, 3.63) is 54.1 Å². The minimum absolute atomic E-state index is 0.0245. The van der Waals surface area contributed by atoms with Gasteiger partial charge in [0.05, 0.1) is 13.7 Å². The summed E-state index contributed by atoms with van der Waals surface area (Å²) in [6.45, 7) is 1.28. The lowest BCUT2D eigenvalue weighted by molar-refractivity contribution is -0.152. The third-order valence-corrected chi connectivity index (χ3v) is 3.58. The molecule has 2 rings (SSSR count). The van der Waals surface area contributed by atoms with E-state index in [1.165, 1.54) is 24.3 Å². The van der Waals surface area contributed by atoms with E-state index in [0.29, 0.717) is 0 Å². The fraction of sp³-hybridized carbons (Fsp3) is 0.250. The van der Waals surface area contributed by atoms with Crippen LogP contribution in [-0.2, 0) is 19.1 Å². The Bertz CT molecular complexity index is 882. The van der Waals surface area contributed by atoms with E-state index in [4.69, 9.17) is 14.2 Å². The molecule has 0 fully saturated rings. The fourth-order valence-corrected chi connectivity index (χ4v) is 2.25. The van der Waals surface area contributed by atoms with E-state index in [9.17, 15) is 23.2 Å². The van der Waals surface area contributed by atoms with Crippen molar-refractivity contribution < 1.29 is 42.1 Å². The molecule has 0 radical (unpaired) electrons. The molecule has 1 atom stereocenters. The first-order valence-electron chi connectivity index (χ1n) is 8.74. The zero-order chi connectivity index (χ0) is 22.1. The van der Waals surface area contributed by atoms with Crippen molar-refractivity contribution in [3.63, 3.8) is 0 Å². The molecule has 10 heteroatoms. The Kier molecular flexibility index (Phi) is 8.09. The summed E-state index contributed by atoms with van der Waals surface area (Å²) in [7, 11) is 1.03. The standard InChI is InChI=1S/C20H19F2NO7/c1-3-28-20(26)23-17(18(24)19(25)27-2)11-29-14-4-6-15(7-5-14)30-16-9-12(21)8-13(22)10-16/h4-10,17H,3,11H2,1-2H3,(H,23,26). The Balaban J connectivity index is 2.01. The van der Waals surface area contributed by atoms with Crippen molar-refractivity contribution in [3.8, 4) is 17.2 Å². The van der Waals surface area contributed by atoms with Gasteiger partial charge in [-0.05, 0) is 31.2 Å². The number of rotatable bonds is 9. The Hall–Kier alpha value is -3.69. The molecular formula is C20H19F2NO7. The molecule has 1 unspecified atom stereocenters. The van der Waals surface area contributed by atoms with Crippen LogP contribution in [0.15, 0.2) is 42.5 Å². The maximum absolute atomic E-state index is 13.2. The highest BCUT2D eigenvalue weighted by molar-refractivity contribution is 6.36. The fourth-order valence-electron chi connectivity index (χ4n) is 2.25. The predicted molar refractivity (Wildman–Crippen MR) is 99.3 cm³/mol. The van der Waals surface area contributed by atoms with Crippen molar-refractivity contribution in [2.45, 2.75) is 13.0 Å². The number of carbonyl (C=O) groups excluding carboxylic acids is 3. The molecule has 0 aliphatic heterocycles. The summed E-state index contributed by atoms with van der Waals surface area (Å²) in [5, 5.41) is 2.23. The Morgan fingerprint density at radius 2 is 1.57 bits per heavy atom. The summed E-state index contributed by atoms with van der Waals surface area (Å²) in [4.78, 5) is 35.1. The predicted octanol–water partition coefficient (Wildman–Crippen LogP) is 2.99.